The summed E-state index contributed by atoms with van der Waals surface area (Å²) in [6.45, 7) is 2.58. The summed E-state index contributed by atoms with van der Waals surface area (Å²) in [6, 6.07) is 11.4. The first-order valence-corrected chi connectivity index (χ1v) is 7.52. The lowest BCUT2D eigenvalue weighted by Crippen LogP contribution is -2.23. The van der Waals surface area contributed by atoms with E-state index in [0.717, 1.165) is 16.2 Å². The number of ether oxygens (including phenoxy) is 1. The van der Waals surface area contributed by atoms with Crippen molar-refractivity contribution >= 4 is 29.2 Å². The second-order valence-electron chi connectivity index (χ2n) is 4.42. The van der Waals surface area contributed by atoms with Gasteiger partial charge in [0.15, 0.2) is 5.84 Å². The van der Waals surface area contributed by atoms with Crippen LogP contribution in [0.3, 0.4) is 0 Å². The third-order valence-corrected chi connectivity index (χ3v) is 3.82. The van der Waals surface area contributed by atoms with Crippen molar-refractivity contribution in [3.05, 3.63) is 57.9 Å². The van der Waals surface area contributed by atoms with Crippen LogP contribution in [0.15, 0.2) is 52.5 Å². The van der Waals surface area contributed by atoms with E-state index in [1.807, 2.05) is 48.7 Å². The first kappa shape index (κ1) is 13.6. The molecule has 21 heavy (non-hydrogen) atoms. The molecule has 1 N–H and O–H groups in total. The lowest BCUT2D eigenvalue weighted by atomic mass is 10.2. The fraction of sp³-hybridized carbons (Fsp3) is 0.125. The molecule has 0 spiro atoms. The molecule has 2 aromatic rings. The molecule has 3 rings (SSSR count). The number of amidine groups is 1. The summed E-state index contributed by atoms with van der Waals surface area (Å²) < 4.78 is 5.39. The molecule has 1 aromatic heterocycles. The van der Waals surface area contributed by atoms with E-state index in [1.54, 1.807) is 17.4 Å². The fourth-order valence-corrected chi connectivity index (χ4v) is 2.65. The Morgan fingerprint density at radius 2 is 2.10 bits per heavy atom. The Morgan fingerprint density at radius 1 is 1.29 bits per heavy atom. The number of carbonyl (C=O) groups is 1. The number of carbonyl (C=O) groups excluding carboxylic acids is 1. The van der Waals surface area contributed by atoms with Crippen molar-refractivity contribution in [2.24, 2.45) is 4.99 Å². The Morgan fingerprint density at radius 3 is 2.76 bits per heavy atom. The molecule has 2 heterocycles. The standard InChI is InChI=1S/C16H14N2O2S/c1-2-20-12-7-5-11(6-8-12)10-13-16(19)18-15(17-13)14-4-3-9-21-14/h3-10H,2H2,1H3,(H,17,18,19)/b13-10+. The van der Waals surface area contributed by atoms with Gasteiger partial charge in [-0.1, -0.05) is 18.2 Å². The van der Waals surface area contributed by atoms with Crippen LogP contribution in [0.25, 0.3) is 6.08 Å². The van der Waals surface area contributed by atoms with E-state index in [9.17, 15) is 4.79 Å². The zero-order chi connectivity index (χ0) is 14.7. The summed E-state index contributed by atoms with van der Waals surface area (Å²) in [5, 5.41) is 4.74. The van der Waals surface area contributed by atoms with Gasteiger partial charge in [-0.05, 0) is 42.1 Å². The number of thiophene rings is 1. The summed E-state index contributed by atoms with van der Waals surface area (Å²) in [6.07, 6.45) is 1.77. The number of hydrogen-bond acceptors (Lipinski definition) is 4. The number of hydrogen-bond donors (Lipinski definition) is 1. The highest BCUT2D eigenvalue weighted by Gasteiger charge is 2.21. The van der Waals surface area contributed by atoms with Crippen LogP contribution < -0.4 is 10.1 Å². The van der Waals surface area contributed by atoms with E-state index < -0.39 is 0 Å². The van der Waals surface area contributed by atoms with Gasteiger partial charge in [0.1, 0.15) is 11.4 Å². The van der Waals surface area contributed by atoms with Crippen LogP contribution in [0, 0.1) is 0 Å². The second kappa shape index (κ2) is 5.93. The lowest BCUT2D eigenvalue weighted by Gasteiger charge is -2.02. The Balaban J connectivity index is 1.83. The molecule has 1 aliphatic heterocycles. The smallest absolute Gasteiger partial charge is 0.275 e. The number of benzene rings is 1. The fourth-order valence-electron chi connectivity index (χ4n) is 1.98. The third kappa shape index (κ3) is 3.03. The maximum atomic E-state index is 11.9. The summed E-state index contributed by atoms with van der Waals surface area (Å²) >= 11 is 1.55. The van der Waals surface area contributed by atoms with Crippen LogP contribution in [0.5, 0.6) is 5.75 Å². The Kier molecular flexibility index (Phi) is 3.83. The molecule has 0 atom stereocenters. The molecule has 4 nitrogen and oxygen atoms in total. The highest BCUT2D eigenvalue weighted by molar-refractivity contribution is 7.12. The van der Waals surface area contributed by atoms with Crippen LogP contribution in [0.2, 0.25) is 0 Å². The van der Waals surface area contributed by atoms with Crippen LogP contribution in [-0.4, -0.2) is 18.3 Å². The molecule has 0 aliphatic carbocycles. The minimum atomic E-state index is -0.174. The molecule has 1 aliphatic rings. The van der Waals surface area contributed by atoms with Crippen LogP contribution in [-0.2, 0) is 4.79 Å². The van der Waals surface area contributed by atoms with E-state index in [4.69, 9.17) is 4.74 Å². The number of aliphatic imine (C=N–C) groups is 1. The average Bonchev–Trinajstić information content (AvgIpc) is 3.12. The van der Waals surface area contributed by atoms with Gasteiger partial charge in [0.2, 0.25) is 0 Å². The van der Waals surface area contributed by atoms with Crippen LogP contribution >= 0.6 is 11.3 Å². The Labute approximate surface area is 126 Å². The molecule has 0 fully saturated rings. The quantitative estimate of drug-likeness (QED) is 0.882. The molecule has 106 valence electrons. The van der Waals surface area contributed by atoms with Gasteiger partial charge >= 0.3 is 0 Å². The van der Waals surface area contributed by atoms with E-state index in [1.165, 1.54) is 0 Å². The van der Waals surface area contributed by atoms with Crippen LogP contribution in [0.4, 0.5) is 0 Å². The van der Waals surface area contributed by atoms with Crippen molar-refractivity contribution in [3.63, 3.8) is 0 Å². The lowest BCUT2D eigenvalue weighted by molar-refractivity contribution is -0.115. The van der Waals surface area contributed by atoms with E-state index >= 15 is 0 Å². The summed E-state index contributed by atoms with van der Waals surface area (Å²) in [5.41, 5.74) is 1.34. The number of nitrogens with zero attached hydrogens (tertiary/aromatic N) is 1. The van der Waals surface area contributed by atoms with Crippen molar-refractivity contribution in [3.8, 4) is 5.75 Å². The Hall–Kier alpha value is -2.40. The number of amides is 1. The van der Waals surface area contributed by atoms with Crippen molar-refractivity contribution in [2.75, 3.05) is 6.61 Å². The molecule has 1 aromatic carbocycles. The molecule has 1 amide bonds. The van der Waals surface area contributed by atoms with Crippen molar-refractivity contribution in [1.82, 2.24) is 5.32 Å². The zero-order valence-corrected chi connectivity index (χ0v) is 12.3. The topological polar surface area (TPSA) is 50.7 Å². The first-order valence-electron chi connectivity index (χ1n) is 6.65. The van der Waals surface area contributed by atoms with Gasteiger partial charge in [-0.3, -0.25) is 4.79 Å². The van der Waals surface area contributed by atoms with E-state index in [0.29, 0.717) is 18.1 Å². The van der Waals surface area contributed by atoms with Crippen molar-refractivity contribution in [2.45, 2.75) is 6.92 Å². The molecular formula is C16H14N2O2S. The predicted molar refractivity (Wildman–Crippen MR) is 84.6 cm³/mol. The summed E-state index contributed by atoms with van der Waals surface area (Å²) in [5.74, 6) is 1.26. The van der Waals surface area contributed by atoms with Gasteiger partial charge < -0.3 is 10.1 Å². The molecule has 0 unspecified atom stereocenters. The average molecular weight is 298 g/mol. The Bertz CT molecular complexity index is 700. The minimum Gasteiger partial charge on any atom is -0.494 e. The van der Waals surface area contributed by atoms with Gasteiger partial charge in [-0.25, -0.2) is 4.99 Å². The van der Waals surface area contributed by atoms with Gasteiger partial charge in [-0.2, -0.15) is 0 Å². The maximum absolute atomic E-state index is 11.9. The van der Waals surface area contributed by atoms with Gasteiger partial charge in [0.05, 0.1) is 11.5 Å². The molecular weight excluding hydrogens is 284 g/mol. The first-order chi connectivity index (χ1) is 10.3. The normalized spacial score (nSPS) is 16.0. The van der Waals surface area contributed by atoms with Crippen LogP contribution in [0.1, 0.15) is 17.4 Å². The monoisotopic (exact) mass is 298 g/mol. The van der Waals surface area contributed by atoms with Gasteiger partial charge in [0.25, 0.3) is 5.91 Å². The number of rotatable bonds is 4. The SMILES string of the molecule is CCOc1ccc(/C=C2/N=C(c3cccs3)NC2=O)cc1. The summed E-state index contributed by atoms with van der Waals surface area (Å²) in [4.78, 5) is 17.3. The van der Waals surface area contributed by atoms with E-state index in [2.05, 4.69) is 10.3 Å². The number of nitrogens with one attached hydrogen (secondary N) is 1. The highest BCUT2D eigenvalue weighted by Crippen LogP contribution is 2.19. The molecule has 5 heteroatoms. The third-order valence-electron chi connectivity index (χ3n) is 2.95. The van der Waals surface area contributed by atoms with Gasteiger partial charge in [0, 0.05) is 0 Å². The molecule has 0 bridgehead atoms. The van der Waals surface area contributed by atoms with Gasteiger partial charge in [-0.15, -0.1) is 11.3 Å². The highest BCUT2D eigenvalue weighted by atomic mass is 32.1. The predicted octanol–water partition coefficient (Wildman–Crippen LogP) is 3.06. The largest absolute Gasteiger partial charge is 0.494 e. The maximum Gasteiger partial charge on any atom is 0.275 e. The van der Waals surface area contributed by atoms with Crippen molar-refractivity contribution in [1.29, 1.82) is 0 Å². The molecule has 0 saturated carbocycles. The second-order valence-corrected chi connectivity index (χ2v) is 5.37. The zero-order valence-electron chi connectivity index (χ0n) is 11.5. The molecule has 0 saturated heterocycles. The molecule has 0 radical (unpaired) electrons. The minimum absolute atomic E-state index is 0.174. The summed E-state index contributed by atoms with van der Waals surface area (Å²) in [7, 11) is 0. The van der Waals surface area contributed by atoms with Crippen molar-refractivity contribution < 1.29 is 9.53 Å². The van der Waals surface area contributed by atoms with E-state index in [-0.39, 0.29) is 5.91 Å².